The summed E-state index contributed by atoms with van der Waals surface area (Å²) >= 11 is 11.1. The average Bonchev–Trinajstić information content (AvgIpc) is 2.22. The zero-order valence-electron chi connectivity index (χ0n) is 8.09. The Hall–Kier alpha value is -1.53. The molecule has 0 fully saturated rings. The Balaban J connectivity index is 2.34. The van der Waals surface area contributed by atoms with Crippen molar-refractivity contribution in [2.45, 2.75) is 0 Å². The summed E-state index contributed by atoms with van der Waals surface area (Å²) in [6, 6.07) is 2.93. The SMILES string of the molecule is Fc1ccc(F)c(Nc2nc(Cl)nc(Cl)n2)c1. The van der Waals surface area contributed by atoms with Gasteiger partial charge in [0.2, 0.25) is 16.5 Å². The molecule has 1 aromatic heterocycles. The first-order valence-corrected chi connectivity index (χ1v) is 5.09. The van der Waals surface area contributed by atoms with Crippen LogP contribution in [0.25, 0.3) is 0 Å². The van der Waals surface area contributed by atoms with Crippen molar-refractivity contribution in [3.05, 3.63) is 40.4 Å². The Kier molecular flexibility index (Phi) is 3.35. The van der Waals surface area contributed by atoms with Gasteiger partial charge in [-0.15, -0.1) is 0 Å². The lowest BCUT2D eigenvalue weighted by molar-refractivity contribution is 0.603. The summed E-state index contributed by atoms with van der Waals surface area (Å²) in [4.78, 5) is 10.8. The molecule has 0 saturated carbocycles. The Morgan fingerprint density at radius 2 is 1.65 bits per heavy atom. The van der Waals surface area contributed by atoms with E-state index in [9.17, 15) is 8.78 Å². The summed E-state index contributed by atoms with van der Waals surface area (Å²) in [5.41, 5.74) is -0.122. The molecule has 17 heavy (non-hydrogen) atoms. The molecule has 0 spiro atoms. The molecule has 1 N–H and O–H groups in total. The molecule has 2 aromatic rings. The number of hydrogen-bond acceptors (Lipinski definition) is 4. The molecule has 0 unspecified atom stereocenters. The monoisotopic (exact) mass is 276 g/mol. The number of halogens is 4. The van der Waals surface area contributed by atoms with Crippen LogP contribution in [0.4, 0.5) is 20.4 Å². The fraction of sp³-hybridized carbons (Fsp3) is 0. The molecule has 0 saturated heterocycles. The van der Waals surface area contributed by atoms with Gasteiger partial charge in [-0.3, -0.25) is 0 Å². The van der Waals surface area contributed by atoms with E-state index in [2.05, 4.69) is 20.3 Å². The van der Waals surface area contributed by atoms with Crippen molar-refractivity contribution < 1.29 is 8.78 Å². The van der Waals surface area contributed by atoms with Crippen LogP contribution < -0.4 is 5.32 Å². The van der Waals surface area contributed by atoms with Gasteiger partial charge in [-0.25, -0.2) is 8.78 Å². The molecule has 0 atom stereocenters. The molecular weight excluding hydrogens is 273 g/mol. The van der Waals surface area contributed by atoms with Gasteiger partial charge < -0.3 is 5.32 Å². The number of hydrogen-bond donors (Lipinski definition) is 1. The third-order valence-electron chi connectivity index (χ3n) is 1.76. The van der Waals surface area contributed by atoms with Crippen molar-refractivity contribution in [2.75, 3.05) is 5.32 Å². The summed E-state index contributed by atoms with van der Waals surface area (Å²) in [6.45, 7) is 0. The summed E-state index contributed by atoms with van der Waals surface area (Å²) < 4.78 is 26.2. The maximum atomic E-state index is 13.3. The standard InChI is InChI=1S/C9H4Cl2F2N4/c10-7-15-8(11)17-9(16-7)14-6-3-4(12)1-2-5(6)13/h1-3H,(H,14,15,16,17). The van der Waals surface area contributed by atoms with Gasteiger partial charge in [-0.1, -0.05) is 0 Å². The summed E-state index contributed by atoms with van der Waals surface area (Å²) in [5, 5.41) is 2.15. The average molecular weight is 277 g/mol. The van der Waals surface area contributed by atoms with Crippen molar-refractivity contribution in [3.63, 3.8) is 0 Å². The topological polar surface area (TPSA) is 50.7 Å². The lowest BCUT2D eigenvalue weighted by Gasteiger charge is -2.05. The molecule has 1 aromatic carbocycles. The lowest BCUT2D eigenvalue weighted by atomic mass is 10.3. The molecule has 0 aliphatic rings. The van der Waals surface area contributed by atoms with E-state index < -0.39 is 11.6 Å². The van der Waals surface area contributed by atoms with Crippen LogP contribution in [0.1, 0.15) is 0 Å². The van der Waals surface area contributed by atoms with Gasteiger partial charge in [0, 0.05) is 6.07 Å². The van der Waals surface area contributed by atoms with E-state index in [1.165, 1.54) is 0 Å². The molecule has 2 rings (SSSR count). The van der Waals surface area contributed by atoms with Crippen molar-refractivity contribution in [3.8, 4) is 0 Å². The Labute approximate surface area is 105 Å². The minimum atomic E-state index is -0.654. The van der Waals surface area contributed by atoms with Crippen molar-refractivity contribution >= 4 is 34.8 Å². The van der Waals surface area contributed by atoms with Crippen LogP contribution in [-0.4, -0.2) is 15.0 Å². The third kappa shape index (κ3) is 2.98. The van der Waals surface area contributed by atoms with Crippen LogP contribution in [0.5, 0.6) is 0 Å². The maximum Gasteiger partial charge on any atom is 0.232 e. The molecule has 0 radical (unpaired) electrons. The van der Waals surface area contributed by atoms with E-state index in [-0.39, 0.29) is 22.2 Å². The highest BCUT2D eigenvalue weighted by atomic mass is 35.5. The third-order valence-corrected chi connectivity index (χ3v) is 2.09. The van der Waals surface area contributed by atoms with Crippen LogP contribution >= 0.6 is 23.2 Å². The van der Waals surface area contributed by atoms with E-state index >= 15 is 0 Å². The fourth-order valence-corrected chi connectivity index (χ4v) is 1.46. The highest BCUT2D eigenvalue weighted by Crippen LogP contribution is 2.20. The Morgan fingerprint density at radius 1 is 1.00 bits per heavy atom. The first kappa shape index (κ1) is 11.9. The number of rotatable bonds is 2. The first-order valence-electron chi connectivity index (χ1n) is 4.34. The molecule has 0 bridgehead atoms. The normalized spacial score (nSPS) is 10.4. The van der Waals surface area contributed by atoms with Gasteiger partial charge in [0.25, 0.3) is 0 Å². The summed E-state index contributed by atoms with van der Waals surface area (Å²) in [6.07, 6.45) is 0. The molecule has 0 aliphatic heterocycles. The molecule has 0 amide bonds. The van der Waals surface area contributed by atoms with Crippen LogP contribution in [0.2, 0.25) is 10.6 Å². The molecule has 8 heteroatoms. The van der Waals surface area contributed by atoms with E-state index in [1.54, 1.807) is 0 Å². The minimum absolute atomic E-state index is 0.0699. The second-order valence-corrected chi connectivity index (χ2v) is 3.62. The van der Waals surface area contributed by atoms with E-state index in [4.69, 9.17) is 23.2 Å². The maximum absolute atomic E-state index is 13.3. The predicted molar refractivity (Wildman–Crippen MR) is 59.5 cm³/mol. The van der Waals surface area contributed by atoms with Gasteiger partial charge in [0.15, 0.2) is 0 Å². The number of nitrogens with zero attached hydrogens (tertiary/aromatic N) is 3. The quantitative estimate of drug-likeness (QED) is 0.915. The summed E-state index contributed by atoms with van der Waals surface area (Å²) in [5.74, 6) is -1.32. The number of aromatic nitrogens is 3. The number of benzene rings is 1. The molecule has 1 heterocycles. The van der Waals surface area contributed by atoms with E-state index in [1.807, 2.05) is 0 Å². The van der Waals surface area contributed by atoms with Gasteiger partial charge in [-0.05, 0) is 35.3 Å². The van der Waals surface area contributed by atoms with Gasteiger partial charge >= 0.3 is 0 Å². The van der Waals surface area contributed by atoms with E-state index in [0.29, 0.717) is 0 Å². The Bertz CT molecular complexity index is 544. The van der Waals surface area contributed by atoms with Gasteiger partial charge in [0.1, 0.15) is 11.6 Å². The van der Waals surface area contributed by atoms with Crippen LogP contribution in [0, 0.1) is 11.6 Å². The van der Waals surface area contributed by atoms with Gasteiger partial charge in [0.05, 0.1) is 5.69 Å². The number of nitrogens with one attached hydrogen (secondary N) is 1. The highest BCUT2D eigenvalue weighted by Gasteiger charge is 2.08. The zero-order valence-corrected chi connectivity index (χ0v) is 9.60. The van der Waals surface area contributed by atoms with Crippen LogP contribution in [0.3, 0.4) is 0 Å². The number of anilines is 2. The largest absolute Gasteiger partial charge is 0.321 e. The molecule has 88 valence electrons. The zero-order chi connectivity index (χ0) is 12.4. The second kappa shape index (κ2) is 4.77. The second-order valence-electron chi connectivity index (χ2n) is 2.95. The van der Waals surface area contributed by atoms with Crippen LogP contribution in [0.15, 0.2) is 18.2 Å². The highest BCUT2D eigenvalue weighted by molar-refractivity contribution is 6.31. The smallest absolute Gasteiger partial charge is 0.232 e. The van der Waals surface area contributed by atoms with Crippen molar-refractivity contribution in [1.29, 1.82) is 0 Å². The first-order chi connectivity index (χ1) is 8.04. The van der Waals surface area contributed by atoms with Crippen LogP contribution in [-0.2, 0) is 0 Å². The predicted octanol–water partition coefficient (Wildman–Crippen LogP) is 3.20. The molecule has 4 nitrogen and oxygen atoms in total. The fourth-order valence-electron chi connectivity index (χ4n) is 1.10. The van der Waals surface area contributed by atoms with E-state index in [0.717, 1.165) is 18.2 Å². The molecular formula is C9H4Cl2F2N4. The minimum Gasteiger partial charge on any atom is -0.321 e. The molecule has 0 aliphatic carbocycles. The lowest BCUT2D eigenvalue weighted by Crippen LogP contribution is -2.01. The summed E-state index contributed by atoms with van der Waals surface area (Å²) in [7, 11) is 0. The van der Waals surface area contributed by atoms with Gasteiger partial charge in [-0.2, -0.15) is 15.0 Å². The van der Waals surface area contributed by atoms with Crippen molar-refractivity contribution in [2.24, 2.45) is 0 Å². The Morgan fingerprint density at radius 3 is 2.29 bits per heavy atom. The van der Waals surface area contributed by atoms with Crippen molar-refractivity contribution in [1.82, 2.24) is 15.0 Å².